The van der Waals surface area contributed by atoms with E-state index in [9.17, 15) is 9.59 Å². The van der Waals surface area contributed by atoms with Crippen LogP contribution in [0.3, 0.4) is 0 Å². The van der Waals surface area contributed by atoms with E-state index in [1.165, 1.54) is 11.3 Å². The third-order valence-electron chi connectivity index (χ3n) is 5.53. The number of methoxy groups -OCH3 is 2. The second-order valence-corrected chi connectivity index (χ2v) is 9.77. The van der Waals surface area contributed by atoms with E-state index < -0.39 is 0 Å². The maximum atomic E-state index is 12.8. The number of aromatic nitrogens is 2. The molecule has 9 nitrogen and oxygen atoms in total. The number of nitrogens with one attached hydrogen (secondary N) is 1. The third kappa shape index (κ3) is 5.62. The number of fused-ring (bicyclic) bond motifs is 1. The molecule has 0 radical (unpaired) electrons. The largest absolute Gasteiger partial charge is 0.496 e. The van der Waals surface area contributed by atoms with Gasteiger partial charge in [0.05, 0.1) is 32.1 Å². The fraction of sp³-hybridized carbons (Fsp3) is 0.417. The van der Waals surface area contributed by atoms with Crippen molar-refractivity contribution >= 4 is 40.0 Å². The topological polar surface area (TPSA) is 113 Å². The molecule has 0 atom stereocenters. The first-order valence-electron chi connectivity index (χ1n) is 11.3. The van der Waals surface area contributed by atoms with Crippen LogP contribution in [0.1, 0.15) is 47.0 Å². The number of hydrogen-bond donors (Lipinski definition) is 1. The number of thioether (sulfide) groups is 1. The SMILES string of the molecule is CCOC(=O)c1c(NC(=O)CSc2nnc(-c3c(OC)cccc3OC)o2)sc2c1CCCCC2. The van der Waals surface area contributed by atoms with Crippen LogP contribution in [0.5, 0.6) is 11.5 Å². The molecule has 1 N–H and O–H groups in total. The number of carbonyl (C=O) groups is 2. The van der Waals surface area contributed by atoms with Crippen LogP contribution >= 0.6 is 23.1 Å². The minimum Gasteiger partial charge on any atom is -0.496 e. The van der Waals surface area contributed by atoms with Gasteiger partial charge in [-0.1, -0.05) is 24.2 Å². The van der Waals surface area contributed by atoms with Crippen LogP contribution in [0.15, 0.2) is 27.8 Å². The van der Waals surface area contributed by atoms with Crippen molar-refractivity contribution in [1.82, 2.24) is 10.2 Å². The fourth-order valence-corrected chi connectivity index (χ4v) is 5.83. The summed E-state index contributed by atoms with van der Waals surface area (Å²) in [6, 6.07) is 5.34. The number of ether oxygens (including phenoxy) is 3. The number of thiophene rings is 1. The van der Waals surface area contributed by atoms with E-state index in [0.29, 0.717) is 27.6 Å². The Bertz CT molecular complexity index is 1180. The molecule has 1 aromatic carbocycles. The minimum absolute atomic E-state index is 0.0372. The van der Waals surface area contributed by atoms with Crippen molar-refractivity contribution in [3.8, 4) is 23.0 Å². The molecule has 2 aromatic heterocycles. The molecule has 0 spiro atoms. The van der Waals surface area contributed by atoms with Gasteiger partial charge in [0.15, 0.2) is 0 Å². The van der Waals surface area contributed by atoms with Crippen LogP contribution in [0, 0.1) is 0 Å². The normalized spacial score (nSPS) is 13.0. The Morgan fingerprint density at radius 1 is 1.11 bits per heavy atom. The van der Waals surface area contributed by atoms with E-state index in [0.717, 1.165) is 54.3 Å². The highest BCUT2D eigenvalue weighted by Crippen LogP contribution is 2.39. The molecule has 0 saturated carbocycles. The van der Waals surface area contributed by atoms with Crippen LogP contribution in [0.4, 0.5) is 5.00 Å². The summed E-state index contributed by atoms with van der Waals surface area (Å²) in [7, 11) is 3.09. The van der Waals surface area contributed by atoms with Crippen LogP contribution in [0.25, 0.3) is 11.5 Å². The van der Waals surface area contributed by atoms with E-state index >= 15 is 0 Å². The molecule has 0 saturated heterocycles. The molecule has 1 aliphatic rings. The first kappa shape index (κ1) is 25.1. The van der Waals surface area contributed by atoms with Gasteiger partial charge >= 0.3 is 5.97 Å². The van der Waals surface area contributed by atoms with Gasteiger partial charge in [-0.3, -0.25) is 4.79 Å². The molecule has 0 bridgehead atoms. The first-order valence-corrected chi connectivity index (χ1v) is 13.1. The number of carbonyl (C=O) groups excluding carboxylic acids is 2. The molecule has 35 heavy (non-hydrogen) atoms. The van der Waals surface area contributed by atoms with Gasteiger partial charge < -0.3 is 23.9 Å². The summed E-state index contributed by atoms with van der Waals surface area (Å²) in [4.78, 5) is 26.6. The Balaban J connectivity index is 1.47. The summed E-state index contributed by atoms with van der Waals surface area (Å²) >= 11 is 2.58. The maximum Gasteiger partial charge on any atom is 0.341 e. The van der Waals surface area contributed by atoms with Gasteiger partial charge in [-0.25, -0.2) is 4.79 Å². The van der Waals surface area contributed by atoms with Crippen LogP contribution in [-0.4, -0.2) is 48.7 Å². The van der Waals surface area contributed by atoms with E-state index in [1.807, 2.05) is 0 Å². The molecule has 11 heteroatoms. The number of rotatable bonds is 9. The lowest BCUT2D eigenvalue weighted by Gasteiger charge is -2.09. The number of esters is 1. The first-order chi connectivity index (χ1) is 17.0. The summed E-state index contributed by atoms with van der Waals surface area (Å²) in [6.45, 7) is 2.06. The summed E-state index contributed by atoms with van der Waals surface area (Å²) in [5.41, 5.74) is 2.05. The smallest absolute Gasteiger partial charge is 0.341 e. The molecule has 1 aliphatic carbocycles. The highest BCUT2D eigenvalue weighted by atomic mass is 32.2. The second-order valence-electron chi connectivity index (χ2n) is 7.74. The zero-order valence-electron chi connectivity index (χ0n) is 19.8. The lowest BCUT2D eigenvalue weighted by Crippen LogP contribution is -2.16. The van der Waals surface area contributed by atoms with Crippen molar-refractivity contribution in [2.45, 2.75) is 44.3 Å². The van der Waals surface area contributed by atoms with Crippen LogP contribution < -0.4 is 14.8 Å². The molecule has 1 amide bonds. The Morgan fingerprint density at radius 2 is 1.86 bits per heavy atom. The second kappa shape index (κ2) is 11.6. The fourth-order valence-electron chi connectivity index (χ4n) is 3.97. The van der Waals surface area contributed by atoms with Gasteiger partial charge in [-0.2, -0.15) is 0 Å². The van der Waals surface area contributed by atoms with Gasteiger partial charge in [-0.05, 0) is 50.3 Å². The minimum atomic E-state index is -0.387. The Hall–Kier alpha value is -3.05. The van der Waals surface area contributed by atoms with Gasteiger partial charge in [0, 0.05) is 4.88 Å². The van der Waals surface area contributed by atoms with Crippen molar-refractivity contribution in [3.05, 3.63) is 34.2 Å². The molecule has 0 aliphatic heterocycles. The number of hydrogen-bond acceptors (Lipinski definition) is 10. The molecule has 4 rings (SSSR count). The predicted molar refractivity (Wildman–Crippen MR) is 134 cm³/mol. The molecule has 0 fully saturated rings. The number of benzene rings is 1. The molecule has 3 aromatic rings. The molecular formula is C24H27N3O6S2. The van der Waals surface area contributed by atoms with E-state index in [4.69, 9.17) is 18.6 Å². The Labute approximate surface area is 211 Å². The van der Waals surface area contributed by atoms with Gasteiger partial charge in [-0.15, -0.1) is 21.5 Å². The Morgan fingerprint density at radius 3 is 2.57 bits per heavy atom. The van der Waals surface area contributed by atoms with E-state index in [2.05, 4.69) is 15.5 Å². The predicted octanol–water partition coefficient (Wildman–Crippen LogP) is 4.99. The van der Waals surface area contributed by atoms with Crippen LogP contribution in [-0.2, 0) is 22.4 Å². The number of aryl methyl sites for hydroxylation is 1. The van der Waals surface area contributed by atoms with Gasteiger partial charge in [0.1, 0.15) is 22.1 Å². The van der Waals surface area contributed by atoms with E-state index in [-0.39, 0.29) is 35.3 Å². The average molecular weight is 518 g/mol. The standard InChI is InChI=1S/C24H27N3O6S2/c1-4-32-23(29)19-14-9-6-5-7-12-17(14)35-22(19)25-18(28)13-34-24-27-26-21(33-24)20-15(30-2)10-8-11-16(20)31-3/h8,10-11H,4-7,9,12-13H2,1-3H3,(H,25,28). The lowest BCUT2D eigenvalue weighted by atomic mass is 10.1. The maximum absolute atomic E-state index is 12.8. The third-order valence-corrected chi connectivity index (χ3v) is 7.55. The number of amides is 1. The summed E-state index contributed by atoms with van der Waals surface area (Å²) in [5.74, 6) is 0.676. The van der Waals surface area contributed by atoms with Crippen molar-refractivity contribution in [2.24, 2.45) is 0 Å². The number of anilines is 1. The summed E-state index contributed by atoms with van der Waals surface area (Å²) in [5, 5.41) is 11.8. The average Bonchev–Trinajstić information content (AvgIpc) is 3.39. The molecular weight excluding hydrogens is 490 g/mol. The Kier molecular flexibility index (Phi) is 8.29. The summed E-state index contributed by atoms with van der Waals surface area (Å²) < 4.78 is 21.8. The highest BCUT2D eigenvalue weighted by Gasteiger charge is 2.27. The molecule has 186 valence electrons. The van der Waals surface area contributed by atoms with E-state index in [1.54, 1.807) is 39.3 Å². The summed E-state index contributed by atoms with van der Waals surface area (Å²) in [6.07, 6.45) is 4.97. The zero-order valence-corrected chi connectivity index (χ0v) is 21.5. The van der Waals surface area contributed by atoms with Crippen molar-refractivity contribution in [2.75, 3.05) is 31.9 Å². The van der Waals surface area contributed by atoms with Crippen LogP contribution in [0.2, 0.25) is 0 Å². The van der Waals surface area contributed by atoms with Crippen molar-refractivity contribution < 1.29 is 28.2 Å². The van der Waals surface area contributed by atoms with Gasteiger partial charge in [0.2, 0.25) is 5.91 Å². The van der Waals surface area contributed by atoms with Crippen molar-refractivity contribution in [3.63, 3.8) is 0 Å². The molecule has 0 unspecified atom stereocenters. The lowest BCUT2D eigenvalue weighted by molar-refractivity contribution is -0.113. The highest BCUT2D eigenvalue weighted by molar-refractivity contribution is 7.99. The number of nitrogens with zero attached hydrogens (tertiary/aromatic N) is 2. The quantitative estimate of drug-likeness (QED) is 0.238. The van der Waals surface area contributed by atoms with Crippen molar-refractivity contribution in [1.29, 1.82) is 0 Å². The molecule has 2 heterocycles. The zero-order chi connectivity index (χ0) is 24.8. The van der Waals surface area contributed by atoms with Gasteiger partial charge in [0.25, 0.3) is 11.1 Å². The monoisotopic (exact) mass is 517 g/mol.